The van der Waals surface area contributed by atoms with Gasteiger partial charge in [-0.25, -0.2) is 8.42 Å². The zero-order valence-corrected chi connectivity index (χ0v) is 17.1. The van der Waals surface area contributed by atoms with E-state index in [4.69, 9.17) is 0 Å². The van der Waals surface area contributed by atoms with Gasteiger partial charge in [0, 0.05) is 25.0 Å². The maximum absolute atomic E-state index is 13.0. The lowest BCUT2D eigenvalue weighted by Crippen LogP contribution is -2.44. The second-order valence-electron chi connectivity index (χ2n) is 8.01. The average molecular weight is 393 g/mol. The van der Waals surface area contributed by atoms with E-state index in [1.165, 1.54) is 19.3 Å². The molecule has 3 rings (SSSR count). The van der Waals surface area contributed by atoms with Crippen molar-refractivity contribution in [3.8, 4) is 0 Å². The summed E-state index contributed by atoms with van der Waals surface area (Å²) in [5.41, 5.74) is 1.04. The van der Waals surface area contributed by atoms with Crippen molar-refractivity contribution >= 4 is 15.9 Å². The summed E-state index contributed by atoms with van der Waals surface area (Å²) in [7, 11) is -3.51. The van der Waals surface area contributed by atoms with Crippen molar-refractivity contribution in [2.24, 2.45) is 5.92 Å². The van der Waals surface area contributed by atoms with E-state index in [2.05, 4.69) is 5.32 Å². The minimum Gasteiger partial charge on any atom is -0.354 e. The molecule has 1 N–H and O–H groups in total. The highest BCUT2D eigenvalue weighted by Gasteiger charge is 2.35. The first-order valence-electron chi connectivity index (χ1n) is 10.3. The Balaban J connectivity index is 1.60. The van der Waals surface area contributed by atoms with E-state index in [1.807, 2.05) is 19.1 Å². The summed E-state index contributed by atoms with van der Waals surface area (Å²) in [5, 5.41) is 3.06. The summed E-state index contributed by atoms with van der Waals surface area (Å²) in [6, 6.07) is 6.86. The Morgan fingerprint density at radius 3 is 2.30 bits per heavy atom. The Morgan fingerprint density at radius 2 is 1.63 bits per heavy atom. The van der Waals surface area contributed by atoms with Gasteiger partial charge in [0.05, 0.1) is 4.90 Å². The topological polar surface area (TPSA) is 66.5 Å². The first-order valence-corrected chi connectivity index (χ1v) is 11.8. The van der Waals surface area contributed by atoms with Crippen LogP contribution in [0.2, 0.25) is 0 Å². The molecule has 27 heavy (non-hydrogen) atoms. The molecular formula is C21H32N2O3S. The quantitative estimate of drug-likeness (QED) is 0.832. The number of hydrogen-bond donors (Lipinski definition) is 1. The third kappa shape index (κ3) is 5.11. The highest BCUT2D eigenvalue weighted by atomic mass is 32.2. The molecule has 0 radical (unpaired) electrons. The molecule has 1 aromatic rings. The fourth-order valence-corrected chi connectivity index (χ4v) is 5.95. The summed E-state index contributed by atoms with van der Waals surface area (Å²) in [4.78, 5) is 12.9. The Hall–Kier alpha value is -1.40. The van der Waals surface area contributed by atoms with Gasteiger partial charge in [0.15, 0.2) is 0 Å². The van der Waals surface area contributed by atoms with Crippen LogP contribution in [0, 0.1) is 12.8 Å². The van der Waals surface area contributed by atoms with Crippen LogP contribution in [0.15, 0.2) is 29.2 Å². The van der Waals surface area contributed by atoms with Crippen molar-refractivity contribution in [2.45, 2.75) is 75.6 Å². The van der Waals surface area contributed by atoms with Gasteiger partial charge in [-0.2, -0.15) is 4.31 Å². The van der Waals surface area contributed by atoms with E-state index in [-0.39, 0.29) is 17.9 Å². The Kier molecular flexibility index (Phi) is 6.93. The first-order chi connectivity index (χ1) is 13.0. The lowest BCUT2D eigenvalue weighted by Gasteiger charge is -2.26. The number of rotatable bonds is 5. The number of nitrogens with zero attached hydrogens (tertiary/aromatic N) is 1. The number of nitrogens with one attached hydrogen (secondary N) is 1. The van der Waals surface area contributed by atoms with E-state index in [0.717, 1.165) is 44.1 Å². The van der Waals surface area contributed by atoms with Crippen LogP contribution < -0.4 is 5.32 Å². The Morgan fingerprint density at radius 1 is 1.00 bits per heavy atom. The van der Waals surface area contributed by atoms with Gasteiger partial charge in [-0.05, 0) is 44.7 Å². The van der Waals surface area contributed by atoms with Crippen LogP contribution in [-0.4, -0.2) is 37.8 Å². The molecule has 1 aliphatic heterocycles. The van der Waals surface area contributed by atoms with Gasteiger partial charge in [-0.15, -0.1) is 0 Å². The maximum Gasteiger partial charge on any atom is 0.243 e. The zero-order valence-electron chi connectivity index (χ0n) is 16.3. The molecule has 2 fully saturated rings. The zero-order chi connectivity index (χ0) is 19.3. The van der Waals surface area contributed by atoms with E-state index < -0.39 is 10.0 Å². The van der Waals surface area contributed by atoms with Crippen molar-refractivity contribution in [1.29, 1.82) is 0 Å². The minimum atomic E-state index is -3.51. The SMILES string of the molecule is Cc1ccc(S(=O)(=O)N2CCCC2CNC(=O)C2CCCCCCC2)cc1. The molecule has 1 unspecified atom stereocenters. The van der Waals surface area contributed by atoms with Crippen molar-refractivity contribution in [3.05, 3.63) is 29.8 Å². The molecule has 0 spiro atoms. The van der Waals surface area contributed by atoms with Gasteiger partial charge in [0.25, 0.3) is 0 Å². The smallest absolute Gasteiger partial charge is 0.243 e. The van der Waals surface area contributed by atoms with E-state index in [1.54, 1.807) is 16.4 Å². The maximum atomic E-state index is 13.0. The molecule has 1 heterocycles. The predicted octanol–water partition coefficient (Wildman–Crippen LogP) is 3.62. The van der Waals surface area contributed by atoms with E-state index in [9.17, 15) is 13.2 Å². The summed E-state index contributed by atoms with van der Waals surface area (Å²) in [6.45, 7) is 2.89. The number of carbonyl (C=O) groups excluding carboxylic acids is 1. The van der Waals surface area contributed by atoms with Crippen LogP contribution in [-0.2, 0) is 14.8 Å². The monoisotopic (exact) mass is 392 g/mol. The van der Waals surface area contributed by atoms with E-state index >= 15 is 0 Å². The number of aryl methyl sites for hydroxylation is 1. The molecule has 5 nitrogen and oxygen atoms in total. The van der Waals surface area contributed by atoms with Crippen LogP contribution in [0.1, 0.15) is 63.4 Å². The molecule has 1 aromatic carbocycles. The van der Waals surface area contributed by atoms with Gasteiger partial charge in [0.2, 0.25) is 15.9 Å². The molecular weight excluding hydrogens is 360 g/mol. The minimum absolute atomic E-state index is 0.0915. The molecule has 1 atom stereocenters. The normalized spacial score (nSPS) is 22.9. The van der Waals surface area contributed by atoms with Crippen LogP contribution in [0.3, 0.4) is 0 Å². The van der Waals surface area contributed by atoms with Crippen molar-refractivity contribution in [2.75, 3.05) is 13.1 Å². The largest absolute Gasteiger partial charge is 0.354 e. The lowest BCUT2D eigenvalue weighted by molar-refractivity contribution is -0.125. The van der Waals surface area contributed by atoms with Crippen LogP contribution in [0.5, 0.6) is 0 Å². The van der Waals surface area contributed by atoms with Gasteiger partial charge < -0.3 is 5.32 Å². The van der Waals surface area contributed by atoms with Gasteiger partial charge in [0.1, 0.15) is 0 Å². The van der Waals surface area contributed by atoms with Crippen LogP contribution in [0.4, 0.5) is 0 Å². The molecule has 2 aliphatic rings. The van der Waals surface area contributed by atoms with Crippen molar-refractivity contribution in [1.82, 2.24) is 9.62 Å². The van der Waals surface area contributed by atoms with Gasteiger partial charge >= 0.3 is 0 Å². The highest BCUT2D eigenvalue weighted by molar-refractivity contribution is 7.89. The summed E-state index contributed by atoms with van der Waals surface area (Å²) < 4.78 is 27.6. The highest BCUT2D eigenvalue weighted by Crippen LogP contribution is 2.27. The lowest BCUT2D eigenvalue weighted by atomic mass is 9.90. The standard InChI is InChI=1S/C21H32N2O3S/c1-17-11-13-20(14-12-17)27(25,26)23-15-7-10-19(23)16-22-21(24)18-8-5-3-2-4-6-9-18/h11-14,18-19H,2-10,15-16H2,1H3,(H,22,24). The summed E-state index contributed by atoms with van der Waals surface area (Å²) >= 11 is 0. The van der Waals surface area contributed by atoms with Crippen LogP contribution >= 0.6 is 0 Å². The summed E-state index contributed by atoms with van der Waals surface area (Å²) in [5.74, 6) is 0.199. The number of carbonyl (C=O) groups is 1. The van der Waals surface area contributed by atoms with Gasteiger partial charge in [-0.3, -0.25) is 4.79 Å². The van der Waals surface area contributed by atoms with Gasteiger partial charge in [-0.1, -0.05) is 49.8 Å². The Labute approximate surface area is 163 Å². The fourth-order valence-electron chi connectivity index (χ4n) is 4.26. The third-order valence-corrected chi connectivity index (χ3v) is 7.90. The molecule has 1 saturated heterocycles. The number of sulfonamides is 1. The predicted molar refractivity (Wildman–Crippen MR) is 107 cm³/mol. The number of hydrogen-bond acceptors (Lipinski definition) is 3. The summed E-state index contributed by atoms with van der Waals surface area (Å²) in [6.07, 6.45) is 9.52. The van der Waals surface area contributed by atoms with Crippen molar-refractivity contribution in [3.63, 3.8) is 0 Å². The average Bonchev–Trinajstić information content (AvgIpc) is 3.09. The number of benzene rings is 1. The van der Waals surface area contributed by atoms with Crippen molar-refractivity contribution < 1.29 is 13.2 Å². The Bertz CT molecular complexity index is 722. The second kappa shape index (κ2) is 9.20. The molecule has 150 valence electrons. The van der Waals surface area contributed by atoms with E-state index in [0.29, 0.717) is 18.0 Å². The molecule has 1 aliphatic carbocycles. The number of amides is 1. The molecule has 6 heteroatoms. The molecule has 0 aromatic heterocycles. The first kappa shape index (κ1) is 20.3. The fraction of sp³-hybridized carbons (Fsp3) is 0.667. The second-order valence-corrected chi connectivity index (χ2v) is 9.90. The molecule has 1 amide bonds. The molecule has 1 saturated carbocycles. The molecule has 0 bridgehead atoms. The van der Waals surface area contributed by atoms with Crippen LogP contribution in [0.25, 0.3) is 0 Å². The third-order valence-electron chi connectivity index (χ3n) is 5.94.